The molecule has 0 aromatic carbocycles. The van der Waals surface area contributed by atoms with Gasteiger partial charge in [-0.2, -0.15) is 0 Å². The van der Waals surface area contributed by atoms with Crippen molar-refractivity contribution in [2.45, 2.75) is 25.8 Å². The number of piperidine rings is 1. The van der Waals surface area contributed by atoms with Crippen LogP contribution >= 0.6 is 11.5 Å². The number of aromatic nitrogens is 2. The lowest BCUT2D eigenvalue weighted by Crippen LogP contribution is -2.45. The van der Waals surface area contributed by atoms with E-state index in [0.717, 1.165) is 19.4 Å². The van der Waals surface area contributed by atoms with Crippen LogP contribution in [0.15, 0.2) is 6.20 Å². The highest BCUT2D eigenvalue weighted by Gasteiger charge is 2.24. The number of hydrogen-bond acceptors (Lipinski definition) is 5. The van der Waals surface area contributed by atoms with E-state index in [1.54, 1.807) is 6.20 Å². The van der Waals surface area contributed by atoms with Crippen LogP contribution in [0, 0.1) is 5.92 Å². The topological polar surface area (TPSA) is 66.9 Å². The molecule has 5 nitrogen and oxygen atoms in total. The van der Waals surface area contributed by atoms with Crippen molar-refractivity contribution in [3.05, 3.63) is 6.20 Å². The van der Waals surface area contributed by atoms with E-state index in [1.807, 2.05) is 0 Å². The van der Waals surface area contributed by atoms with Crippen LogP contribution in [0.4, 0.5) is 5.00 Å². The van der Waals surface area contributed by atoms with Gasteiger partial charge in [-0.05, 0) is 25.3 Å². The number of anilines is 1. The molecule has 1 aromatic rings. The molecule has 82 valence electrons. The first-order chi connectivity index (χ1) is 7.25. The van der Waals surface area contributed by atoms with Crippen LogP contribution in [0.25, 0.3) is 0 Å². The first-order valence-corrected chi connectivity index (χ1v) is 5.84. The molecule has 2 rings (SSSR count). The minimum absolute atomic E-state index is 0.0209. The smallest absolute Gasteiger partial charge is 0.242 e. The highest BCUT2D eigenvalue weighted by Crippen LogP contribution is 2.17. The standard InChI is InChI=1S/C9H14N4OS/c1-6-2-3-10-7(4-6)9(14)12-8-5-11-13-15-8/h5-7,10H,2-4H2,1H3,(H,12,14). The number of nitrogens with one attached hydrogen (secondary N) is 2. The molecule has 1 aliphatic rings. The van der Waals surface area contributed by atoms with E-state index in [-0.39, 0.29) is 11.9 Å². The Morgan fingerprint density at radius 1 is 1.73 bits per heavy atom. The SMILES string of the molecule is CC1CCNC(C(=O)Nc2cnns2)C1. The van der Waals surface area contributed by atoms with E-state index in [9.17, 15) is 4.79 Å². The van der Waals surface area contributed by atoms with Gasteiger partial charge in [-0.25, -0.2) is 0 Å². The van der Waals surface area contributed by atoms with Crippen molar-refractivity contribution in [1.29, 1.82) is 0 Å². The molecule has 1 aromatic heterocycles. The Morgan fingerprint density at radius 3 is 3.27 bits per heavy atom. The van der Waals surface area contributed by atoms with E-state index >= 15 is 0 Å². The lowest BCUT2D eigenvalue weighted by molar-refractivity contribution is -0.118. The molecule has 2 N–H and O–H groups in total. The monoisotopic (exact) mass is 226 g/mol. The van der Waals surface area contributed by atoms with Crippen molar-refractivity contribution in [1.82, 2.24) is 14.9 Å². The summed E-state index contributed by atoms with van der Waals surface area (Å²) in [5, 5.41) is 10.4. The van der Waals surface area contributed by atoms with Crippen LogP contribution < -0.4 is 10.6 Å². The van der Waals surface area contributed by atoms with E-state index in [2.05, 4.69) is 27.1 Å². The molecule has 15 heavy (non-hydrogen) atoms. The summed E-state index contributed by atoms with van der Waals surface area (Å²) in [7, 11) is 0. The summed E-state index contributed by atoms with van der Waals surface area (Å²) in [6.45, 7) is 3.09. The summed E-state index contributed by atoms with van der Waals surface area (Å²) in [4.78, 5) is 11.8. The van der Waals surface area contributed by atoms with Gasteiger partial charge in [0.2, 0.25) is 5.91 Å². The maximum atomic E-state index is 11.8. The molecule has 0 radical (unpaired) electrons. The Bertz CT molecular complexity index is 327. The fourth-order valence-electron chi connectivity index (χ4n) is 1.74. The molecule has 0 spiro atoms. The van der Waals surface area contributed by atoms with Gasteiger partial charge in [-0.15, -0.1) is 5.10 Å². The minimum atomic E-state index is -0.0733. The molecule has 1 aliphatic heterocycles. The zero-order valence-corrected chi connectivity index (χ0v) is 9.38. The van der Waals surface area contributed by atoms with E-state index in [4.69, 9.17) is 0 Å². The molecule has 0 bridgehead atoms. The van der Waals surface area contributed by atoms with Crippen LogP contribution in [0.3, 0.4) is 0 Å². The van der Waals surface area contributed by atoms with Crippen molar-refractivity contribution in [2.75, 3.05) is 11.9 Å². The number of hydrogen-bond donors (Lipinski definition) is 2. The van der Waals surface area contributed by atoms with Gasteiger partial charge >= 0.3 is 0 Å². The molecule has 2 heterocycles. The maximum absolute atomic E-state index is 11.8. The third-order valence-electron chi connectivity index (χ3n) is 2.59. The number of amides is 1. The highest BCUT2D eigenvalue weighted by atomic mass is 32.1. The van der Waals surface area contributed by atoms with Crippen LogP contribution in [-0.2, 0) is 4.79 Å². The molecule has 2 unspecified atom stereocenters. The molecule has 0 saturated carbocycles. The lowest BCUT2D eigenvalue weighted by Gasteiger charge is -2.26. The Balaban J connectivity index is 1.90. The van der Waals surface area contributed by atoms with Crippen molar-refractivity contribution < 1.29 is 4.79 Å². The maximum Gasteiger partial charge on any atom is 0.242 e. The second-order valence-electron chi connectivity index (χ2n) is 3.91. The second kappa shape index (κ2) is 4.67. The molecule has 1 amide bonds. The van der Waals surface area contributed by atoms with E-state index < -0.39 is 0 Å². The summed E-state index contributed by atoms with van der Waals surface area (Å²) in [5.74, 6) is 0.634. The number of rotatable bonds is 2. The largest absolute Gasteiger partial charge is 0.314 e. The van der Waals surface area contributed by atoms with Crippen LogP contribution in [0.5, 0.6) is 0 Å². The minimum Gasteiger partial charge on any atom is -0.314 e. The zero-order chi connectivity index (χ0) is 10.7. The van der Waals surface area contributed by atoms with Gasteiger partial charge in [0.25, 0.3) is 0 Å². The van der Waals surface area contributed by atoms with Crippen molar-refractivity contribution >= 4 is 22.4 Å². The average Bonchev–Trinajstić information content (AvgIpc) is 2.70. The summed E-state index contributed by atoms with van der Waals surface area (Å²) >= 11 is 1.20. The second-order valence-corrected chi connectivity index (χ2v) is 4.69. The Labute approximate surface area is 92.4 Å². The summed E-state index contributed by atoms with van der Waals surface area (Å²) < 4.78 is 3.69. The van der Waals surface area contributed by atoms with Gasteiger partial charge in [0, 0.05) is 11.5 Å². The highest BCUT2D eigenvalue weighted by molar-refractivity contribution is 7.10. The number of nitrogens with zero attached hydrogens (tertiary/aromatic N) is 2. The molecule has 1 saturated heterocycles. The van der Waals surface area contributed by atoms with Crippen LogP contribution in [0.1, 0.15) is 19.8 Å². The van der Waals surface area contributed by atoms with Gasteiger partial charge in [0.15, 0.2) is 0 Å². The van der Waals surface area contributed by atoms with Gasteiger partial charge in [-0.1, -0.05) is 11.4 Å². The van der Waals surface area contributed by atoms with Crippen LogP contribution in [-0.4, -0.2) is 28.1 Å². The first kappa shape index (κ1) is 10.5. The Morgan fingerprint density at radius 2 is 2.60 bits per heavy atom. The average molecular weight is 226 g/mol. The quantitative estimate of drug-likeness (QED) is 0.785. The lowest BCUT2D eigenvalue weighted by atomic mass is 9.94. The zero-order valence-electron chi connectivity index (χ0n) is 8.56. The Hall–Kier alpha value is -1.01. The van der Waals surface area contributed by atoms with Crippen LogP contribution in [0.2, 0.25) is 0 Å². The predicted octanol–water partition coefficient (Wildman–Crippen LogP) is 0.865. The van der Waals surface area contributed by atoms with E-state index in [0.29, 0.717) is 10.9 Å². The van der Waals surface area contributed by atoms with E-state index in [1.165, 1.54) is 11.5 Å². The molecule has 6 heteroatoms. The molecule has 1 fully saturated rings. The molecule has 0 aliphatic carbocycles. The molecular formula is C9H14N4OS. The van der Waals surface area contributed by atoms with Crippen molar-refractivity contribution in [3.63, 3.8) is 0 Å². The fourth-order valence-corrected chi connectivity index (χ4v) is 2.16. The van der Waals surface area contributed by atoms with Gasteiger partial charge in [-0.3, -0.25) is 4.79 Å². The van der Waals surface area contributed by atoms with Gasteiger partial charge in [0.05, 0.1) is 12.2 Å². The van der Waals surface area contributed by atoms with Crippen molar-refractivity contribution in [2.24, 2.45) is 5.92 Å². The van der Waals surface area contributed by atoms with Gasteiger partial charge < -0.3 is 10.6 Å². The predicted molar refractivity (Wildman–Crippen MR) is 58.7 cm³/mol. The molecular weight excluding hydrogens is 212 g/mol. The van der Waals surface area contributed by atoms with Crippen molar-refractivity contribution in [3.8, 4) is 0 Å². The number of carbonyl (C=O) groups is 1. The summed E-state index contributed by atoms with van der Waals surface area (Å²) in [6, 6.07) is -0.0733. The molecule has 2 atom stereocenters. The normalized spacial score (nSPS) is 26.2. The summed E-state index contributed by atoms with van der Waals surface area (Å²) in [5.41, 5.74) is 0. The third-order valence-corrected chi connectivity index (χ3v) is 3.17. The van der Waals surface area contributed by atoms with Gasteiger partial charge in [0.1, 0.15) is 5.00 Å². The summed E-state index contributed by atoms with van der Waals surface area (Å²) in [6.07, 6.45) is 3.61. The fraction of sp³-hybridized carbons (Fsp3) is 0.667. The first-order valence-electron chi connectivity index (χ1n) is 5.07. The Kier molecular flexibility index (Phi) is 3.27. The number of carbonyl (C=O) groups excluding carboxylic acids is 1. The third kappa shape index (κ3) is 2.73.